The van der Waals surface area contributed by atoms with Crippen molar-refractivity contribution < 1.29 is 13.2 Å². The first-order valence-corrected chi connectivity index (χ1v) is 8.85. The fraction of sp³-hybridized carbons (Fsp3) is 0.375. The minimum absolute atomic E-state index is 0.0535. The van der Waals surface area contributed by atoms with Gasteiger partial charge in [-0.25, -0.2) is 8.42 Å². The van der Waals surface area contributed by atoms with Gasteiger partial charge < -0.3 is 5.32 Å². The summed E-state index contributed by atoms with van der Waals surface area (Å²) in [6.07, 6.45) is 2.49. The summed E-state index contributed by atoms with van der Waals surface area (Å²) in [7, 11) is -3.22. The van der Waals surface area contributed by atoms with E-state index >= 15 is 0 Å². The zero-order valence-corrected chi connectivity index (χ0v) is 13.2. The molecule has 1 amide bonds. The van der Waals surface area contributed by atoms with Gasteiger partial charge in [-0.15, -0.1) is 0 Å². The van der Waals surface area contributed by atoms with E-state index in [1.807, 2.05) is 0 Å². The summed E-state index contributed by atoms with van der Waals surface area (Å²) >= 11 is 0. The van der Waals surface area contributed by atoms with Gasteiger partial charge in [0.1, 0.15) is 0 Å². The fourth-order valence-corrected chi connectivity index (χ4v) is 3.27. The standard InChI is InChI=1S/C16H18N2O3S/c1-2-22(20,21)14-8-6-12(7-9-14)10-16(19)18-15-5-3-4-13(15)11-17/h6-9H,2-5,10H2,1H3,(H,18,19). The van der Waals surface area contributed by atoms with Crippen molar-refractivity contribution in [1.29, 1.82) is 5.26 Å². The van der Waals surface area contributed by atoms with E-state index in [4.69, 9.17) is 5.26 Å². The summed E-state index contributed by atoms with van der Waals surface area (Å²) in [5.74, 6) is -0.131. The maximum atomic E-state index is 12.0. The van der Waals surface area contributed by atoms with Gasteiger partial charge in [-0.05, 0) is 37.0 Å². The first-order chi connectivity index (χ1) is 10.5. The van der Waals surface area contributed by atoms with Crippen LogP contribution in [0.5, 0.6) is 0 Å². The average Bonchev–Trinajstić information content (AvgIpc) is 2.94. The van der Waals surface area contributed by atoms with Crippen LogP contribution in [0.15, 0.2) is 40.4 Å². The number of nitrogens with zero attached hydrogens (tertiary/aromatic N) is 1. The minimum Gasteiger partial charge on any atom is -0.329 e. The summed E-state index contributed by atoms with van der Waals surface area (Å²) in [4.78, 5) is 12.3. The second-order valence-corrected chi connectivity index (χ2v) is 7.47. The summed E-state index contributed by atoms with van der Waals surface area (Å²) < 4.78 is 23.4. The van der Waals surface area contributed by atoms with E-state index in [0.717, 1.165) is 30.5 Å². The van der Waals surface area contributed by atoms with E-state index in [1.54, 1.807) is 19.1 Å². The molecule has 0 aromatic heterocycles. The highest BCUT2D eigenvalue weighted by Crippen LogP contribution is 2.23. The van der Waals surface area contributed by atoms with Crippen molar-refractivity contribution in [1.82, 2.24) is 5.32 Å². The topological polar surface area (TPSA) is 87.0 Å². The smallest absolute Gasteiger partial charge is 0.228 e. The largest absolute Gasteiger partial charge is 0.329 e. The van der Waals surface area contributed by atoms with Crippen molar-refractivity contribution in [3.63, 3.8) is 0 Å². The Labute approximate surface area is 130 Å². The SMILES string of the molecule is CCS(=O)(=O)c1ccc(CC(=O)NC2=C(C#N)CCC2)cc1. The molecule has 0 atom stereocenters. The highest BCUT2D eigenvalue weighted by molar-refractivity contribution is 7.91. The Morgan fingerprint density at radius 3 is 2.55 bits per heavy atom. The van der Waals surface area contributed by atoms with Gasteiger partial charge in [0.15, 0.2) is 9.84 Å². The number of nitriles is 1. The first-order valence-electron chi connectivity index (χ1n) is 7.20. The van der Waals surface area contributed by atoms with Crippen molar-refractivity contribution in [3.8, 4) is 6.07 Å². The Morgan fingerprint density at radius 1 is 1.27 bits per heavy atom. The van der Waals surface area contributed by atoms with Crippen LogP contribution in [-0.2, 0) is 21.1 Å². The van der Waals surface area contributed by atoms with Crippen molar-refractivity contribution in [2.24, 2.45) is 0 Å². The monoisotopic (exact) mass is 318 g/mol. The average molecular weight is 318 g/mol. The van der Waals surface area contributed by atoms with E-state index in [2.05, 4.69) is 11.4 Å². The molecule has 0 saturated carbocycles. The molecule has 6 heteroatoms. The Kier molecular flexibility index (Phi) is 4.99. The number of sulfone groups is 1. The predicted octanol–water partition coefficient (Wildman–Crippen LogP) is 2.10. The van der Waals surface area contributed by atoms with Gasteiger partial charge in [-0.1, -0.05) is 19.1 Å². The Balaban J connectivity index is 2.03. The van der Waals surface area contributed by atoms with E-state index in [-0.39, 0.29) is 23.0 Å². The quantitative estimate of drug-likeness (QED) is 0.900. The second kappa shape index (κ2) is 6.75. The number of nitrogens with one attached hydrogen (secondary N) is 1. The number of carbonyl (C=O) groups excluding carboxylic acids is 1. The van der Waals surface area contributed by atoms with Crippen molar-refractivity contribution in [3.05, 3.63) is 41.1 Å². The van der Waals surface area contributed by atoms with Crippen LogP contribution in [0.25, 0.3) is 0 Å². The Hall–Kier alpha value is -2.13. The highest BCUT2D eigenvalue weighted by atomic mass is 32.2. The molecule has 0 aliphatic heterocycles. The van der Waals surface area contributed by atoms with Gasteiger partial charge in [0.05, 0.1) is 23.1 Å². The number of rotatable bonds is 5. The molecule has 22 heavy (non-hydrogen) atoms. The fourth-order valence-electron chi connectivity index (χ4n) is 2.38. The normalized spacial score (nSPS) is 14.7. The van der Waals surface area contributed by atoms with Crippen LogP contribution in [0.2, 0.25) is 0 Å². The maximum Gasteiger partial charge on any atom is 0.228 e. The minimum atomic E-state index is -3.22. The number of carbonyl (C=O) groups is 1. The molecule has 5 nitrogen and oxygen atoms in total. The van der Waals surface area contributed by atoms with Crippen molar-refractivity contribution in [2.75, 3.05) is 5.75 Å². The number of benzene rings is 1. The van der Waals surface area contributed by atoms with Gasteiger partial charge in [0.25, 0.3) is 0 Å². The van der Waals surface area contributed by atoms with E-state index in [1.165, 1.54) is 12.1 Å². The highest BCUT2D eigenvalue weighted by Gasteiger charge is 2.17. The number of amides is 1. The zero-order valence-electron chi connectivity index (χ0n) is 12.4. The molecule has 0 unspecified atom stereocenters. The molecule has 2 rings (SSSR count). The lowest BCUT2D eigenvalue weighted by Crippen LogP contribution is -2.24. The zero-order chi connectivity index (χ0) is 16.2. The Morgan fingerprint density at radius 2 is 1.95 bits per heavy atom. The lowest BCUT2D eigenvalue weighted by Gasteiger charge is -2.07. The lowest BCUT2D eigenvalue weighted by atomic mass is 10.1. The number of hydrogen-bond donors (Lipinski definition) is 1. The molecule has 0 saturated heterocycles. The molecule has 1 aliphatic rings. The van der Waals surface area contributed by atoms with Crippen LogP contribution in [-0.4, -0.2) is 20.1 Å². The summed E-state index contributed by atoms with van der Waals surface area (Å²) in [6, 6.07) is 8.46. The number of hydrogen-bond acceptors (Lipinski definition) is 4. The third-order valence-electron chi connectivity index (χ3n) is 3.67. The van der Waals surface area contributed by atoms with Crippen LogP contribution >= 0.6 is 0 Å². The van der Waals surface area contributed by atoms with Crippen LogP contribution < -0.4 is 5.32 Å². The maximum absolute atomic E-state index is 12.0. The molecule has 1 aliphatic carbocycles. The molecule has 0 bridgehead atoms. The van der Waals surface area contributed by atoms with Crippen LogP contribution in [0.3, 0.4) is 0 Å². The van der Waals surface area contributed by atoms with Crippen molar-refractivity contribution >= 4 is 15.7 Å². The molecule has 1 aromatic rings. The van der Waals surface area contributed by atoms with Crippen LogP contribution in [0.1, 0.15) is 31.7 Å². The van der Waals surface area contributed by atoms with Gasteiger partial charge in [-0.3, -0.25) is 4.79 Å². The third kappa shape index (κ3) is 3.74. The number of allylic oxidation sites excluding steroid dienone is 2. The van der Waals surface area contributed by atoms with E-state index in [0.29, 0.717) is 5.57 Å². The molecule has 1 aromatic carbocycles. The van der Waals surface area contributed by atoms with E-state index in [9.17, 15) is 13.2 Å². The molecule has 116 valence electrons. The van der Waals surface area contributed by atoms with Crippen LogP contribution in [0.4, 0.5) is 0 Å². The van der Waals surface area contributed by atoms with Crippen molar-refractivity contribution in [2.45, 2.75) is 37.5 Å². The van der Waals surface area contributed by atoms with Crippen LogP contribution in [0, 0.1) is 11.3 Å². The molecule has 0 heterocycles. The molecule has 0 spiro atoms. The molecular formula is C16H18N2O3S. The summed E-state index contributed by atoms with van der Waals surface area (Å²) in [5.41, 5.74) is 2.11. The molecular weight excluding hydrogens is 300 g/mol. The second-order valence-electron chi connectivity index (χ2n) is 5.19. The molecule has 0 radical (unpaired) electrons. The third-order valence-corrected chi connectivity index (χ3v) is 5.42. The summed E-state index contributed by atoms with van der Waals surface area (Å²) in [5, 5.41) is 11.7. The van der Waals surface area contributed by atoms with E-state index < -0.39 is 9.84 Å². The molecule has 1 N–H and O–H groups in total. The summed E-state index contributed by atoms with van der Waals surface area (Å²) in [6.45, 7) is 1.60. The Bertz CT molecular complexity index is 741. The molecule has 0 fully saturated rings. The first kappa shape index (κ1) is 16.2. The van der Waals surface area contributed by atoms with Gasteiger partial charge >= 0.3 is 0 Å². The van der Waals surface area contributed by atoms with Gasteiger partial charge in [-0.2, -0.15) is 5.26 Å². The lowest BCUT2D eigenvalue weighted by molar-refractivity contribution is -0.119. The van der Waals surface area contributed by atoms with Gasteiger partial charge in [0, 0.05) is 11.3 Å². The predicted molar refractivity (Wildman–Crippen MR) is 82.5 cm³/mol. The van der Waals surface area contributed by atoms with Gasteiger partial charge in [0.2, 0.25) is 5.91 Å².